The standard InChI is InChI=1S/C21H20Cl2N6/c1-4-28(5-2)16-9-7-15(8-10-16)24-19-13(3)27-29-20(25-26-21(19)29)14-6-11-17(22)18(23)12-14/h6-12H,4-5H2,1-3H3. The van der Waals surface area contributed by atoms with Crippen molar-refractivity contribution in [2.24, 2.45) is 10.1 Å². The highest BCUT2D eigenvalue weighted by Gasteiger charge is 2.26. The van der Waals surface area contributed by atoms with Gasteiger partial charge in [-0.3, -0.25) is 0 Å². The normalized spacial score (nSPS) is 14.2. The summed E-state index contributed by atoms with van der Waals surface area (Å²) in [6.07, 6.45) is 0. The Morgan fingerprint density at radius 2 is 1.62 bits per heavy atom. The van der Waals surface area contributed by atoms with Gasteiger partial charge in [-0.25, -0.2) is 4.99 Å². The molecule has 0 saturated heterocycles. The Kier molecular flexibility index (Phi) is 5.39. The van der Waals surface area contributed by atoms with E-state index >= 15 is 0 Å². The average molecular weight is 427 g/mol. The second kappa shape index (κ2) is 7.97. The highest BCUT2D eigenvalue weighted by molar-refractivity contribution is 6.48. The van der Waals surface area contributed by atoms with Gasteiger partial charge in [-0.15, -0.1) is 10.2 Å². The van der Waals surface area contributed by atoms with E-state index in [4.69, 9.17) is 28.2 Å². The fourth-order valence-electron chi connectivity index (χ4n) is 3.28. The molecular formula is C21H20Cl2N6. The first-order valence-corrected chi connectivity index (χ1v) is 10.2. The molecule has 0 radical (unpaired) electrons. The smallest absolute Gasteiger partial charge is 0.205 e. The molecule has 3 aromatic rings. The number of benzene rings is 2. The molecule has 8 heteroatoms. The molecule has 0 unspecified atom stereocenters. The lowest BCUT2D eigenvalue weighted by Crippen LogP contribution is -2.21. The minimum Gasteiger partial charge on any atom is -0.372 e. The predicted octanol–water partition coefficient (Wildman–Crippen LogP) is 5.46. The van der Waals surface area contributed by atoms with E-state index in [2.05, 4.69) is 46.2 Å². The topological polar surface area (TPSA) is 58.7 Å². The Hall–Kier alpha value is -2.70. The Bertz CT molecular complexity index is 1110. The highest BCUT2D eigenvalue weighted by Crippen LogP contribution is 2.30. The molecule has 0 saturated carbocycles. The quantitative estimate of drug-likeness (QED) is 0.544. The molecule has 0 atom stereocenters. The molecule has 6 nitrogen and oxygen atoms in total. The third-order valence-electron chi connectivity index (χ3n) is 4.84. The van der Waals surface area contributed by atoms with Crippen molar-refractivity contribution in [1.29, 1.82) is 0 Å². The van der Waals surface area contributed by atoms with Gasteiger partial charge in [0, 0.05) is 24.3 Å². The number of fused-ring (bicyclic) bond motifs is 1. The zero-order valence-electron chi connectivity index (χ0n) is 16.4. The first-order chi connectivity index (χ1) is 14.0. The van der Waals surface area contributed by atoms with Crippen molar-refractivity contribution in [3.63, 3.8) is 0 Å². The van der Waals surface area contributed by atoms with E-state index in [-0.39, 0.29) is 0 Å². The molecule has 0 aliphatic carbocycles. The summed E-state index contributed by atoms with van der Waals surface area (Å²) in [6, 6.07) is 13.5. The first-order valence-electron chi connectivity index (χ1n) is 9.42. The summed E-state index contributed by atoms with van der Waals surface area (Å²) in [5.41, 5.74) is 4.31. The molecule has 4 rings (SSSR count). The molecule has 1 aliphatic rings. The Morgan fingerprint density at radius 1 is 0.931 bits per heavy atom. The van der Waals surface area contributed by atoms with Gasteiger partial charge in [0.15, 0.2) is 5.82 Å². The lowest BCUT2D eigenvalue weighted by Gasteiger charge is -2.20. The minimum absolute atomic E-state index is 0.461. The molecule has 1 aliphatic heterocycles. The lowest BCUT2D eigenvalue weighted by molar-refractivity contribution is 0.866. The van der Waals surface area contributed by atoms with Crippen molar-refractivity contribution in [3.8, 4) is 11.4 Å². The van der Waals surface area contributed by atoms with Crippen LogP contribution in [0.3, 0.4) is 0 Å². The van der Waals surface area contributed by atoms with Crippen LogP contribution >= 0.6 is 23.2 Å². The molecular weight excluding hydrogens is 407 g/mol. The van der Waals surface area contributed by atoms with E-state index in [9.17, 15) is 0 Å². The fourth-order valence-corrected chi connectivity index (χ4v) is 3.58. The number of halogens is 2. The van der Waals surface area contributed by atoms with Crippen LogP contribution in [0.2, 0.25) is 10.0 Å². The summed E-state index contributed by atoms with van der Waals surface area (Å²) in [4.78, 5) is 7.06. The second-order valence-corrected chi connectivity index (χ2v) is 7.44. The van der Waals surface area contributed by atoms with Gasteiger partial charge in [0.25, 0.3) is 0 Å². The van der Waals surface area contributed by atoms with E-state index in [0.717, 1.165) is 30.1 Å². The van der Waals surface area contributed by atoms with Crippen LogP contribution in [0.15, 0.2) is 52.6 Å². The SMILES string of the molecule is CCN(CC)c1ccc(N=C2C(C)=Nn3c2nnc3-c2ccc(Cl)c(Cl)c2)cc1. The third-order valence-corrected chi connectivity index (χ3v) is 5.58. The summed E-state index contributed by atoms with van der Waals surface area (Å²) in [5, 5.41) is 14.1. The molecule has 0 bridgehead atoms. The molecule has 2 heterocycles. The summed E-state index contributed by atoms with van der Waals surface area (Å²) >= 11 is 12.2. The number of hydrogen-bond donors (Lipinski definition) is 0. The zero-order chi connectivity index (χ0) is 20.5. The molecule has 29 heavy (non-hydrogen) atoms. The van der Waals surface area contributed by atoms with Crippen LogP contribution in [0.1, 0.15) is 26.6 Å². The summed E-state index contributed by atoms with van der Waals surface area (Å²) in [5.74, 6) is 1.20. The van der Waals surface area contributed by atoms with Gasteiger partial charge >= 0.3 is 0 Å². The van der Waals surface area contributed by atoms with Gasteiger partial charge < -0.3 is 4.90 Å². The zero-order valence-corrected chi connectivity index (χ0v) is 17.9. The van der Waals surface area contributed by atoms with Gasteiger partial charge in [0.05, 0.1) is 21.4 Å². The predicted molar refractivity (Wildman–Crippen MR) is 120 cm³/mol. The number of aliphatic imine (C=N–C) groups is 1. The van der Waals surface area contributed by atoms with Crippen LogP contribution in [0.25, 0.3) is 11.4 Å². The third kappa shape index (κ3) is 3.66. The van der Waals surface area contributed by atoms with Crippen molar-refractivity contribution >= 4 is 46.0 Å². The van der Waals surface area contributed by atoms with Gasteiger partial charge in [0.1, 0.15) is 5.71 Å². The molecule has 1 aromatic heterocycles. The van der Waals surface area contributed by atoms with Crippen LogP contribution < -0.4 is 4.90 Å². The number of nitrogens with zero attached hydrogens (tertiary/aromatic N) is 6. The summed E-state index contributed by atoms with van der Waals surface area (Å²) in [6.45, 7) is 8.15. The van der Waals surface area contributed by atoms with Crippen molar-refractivity contribution in [2.75, 3.05) is 18.0 Å². The van der Waals surface area contributed by atoms with E-state index in [1.54, 1.807) is 16.8 Å². The van der Waals surface area contributed by atoms with Gasteiger partial charge in [-0.2, -0.15) is 9.78 Å². The maximum absolute atomic E-state index is 6.15. The second-order valence-electron chi connectivity index (χ2n) is 6.62. The van der Waals surface area contributed by atoms with Crippen LogP contribution in [0.4, 0.5) is 11.4 Å². The summed E-state index contributed by atoms with van der Waals surface area (Å²) < 4.78 is 1.69. The fraction of sp³-hybridized carbons (Fsp3) is 0.238. The molecule has 0 amide bonds. The molecule has 0 N–H and O–H groups in total. The molecule has 148 valence electrons. The number of aromatic nitrogens is 3. The van der Waals surface area contributed by atoms with E-state index in [1.165, 1.54) is 5.69 Å². The lowest BCUT2D eigenvalue weighted by atomic mass is 10.2. The van der Waals surface area contributed by atoms with E-state index in [1.807, 2.05) is 25.1 Å². The van der Waals surface area contributed by atoms with Crippen molar-refractivity contribution in [2.45, 2.75) is 20.8 Å². The number of anilines is 1. The largest absolute Gasteiger partial charge is 0.372 e. The first kappa shape index (κ1) is 19.6. The monoisotopic (exact) mass is 426 g/mol. The number of hydrogen-bond acceptors (Lipinski definition) is 5. The van der Waals surface area contributed by atoms with Gasteiger partial charge in [0.2, 0.25) is 5.82 Å². The Morgan fingerprint density at radius 3 is 2.28 bits per heavy atom. The maximum Gasteiger partial charge on any atom is 0.205 e. The number of rotatable bonds is 5. The summed E-state index contributed by atoms with van der Waals surface area (Å²) in [7, 11) is 0. The minimum atomic E-state index is 0.461. The van der Waals surface area contributed by atoms with Gasteiger partial charge in [-0.1, -0.05) is 23.2 Å². The average Bonchev–Trinajstić information content (AvgIpc) is 3.26. The van der Waals surface area contributed by atoms with Crippen LogP contribution in [-0.4, -0.2) is 39.4 Å². The highest BCUT2D eigenvalue weighted by atomic mass is 35.5. The van der Waals surface area contributed by atoms with Crippen molar-refractivity contribution < 1.29 is 0 Å². The van der Waals surface area contributed by atoms with Gasteiger partial charge in [-0.05, 0) is 63.2 Å². The molecule has 2 aromatic carbocycles. The van der Waals surface area contributed by atoms with Crippen molar-refractivity contribution in [1.82, 2.24) is 14.9 Å². The van der Waals surface area contributed by atoms with Crippen LogP contribution in [-0.2, 0) is 0 Å². The van der Waals surface area contributed by atoms with E-state index < -0.39 is 0 Å². The van der Waals surface area contributed by atoms with Crippen molar-refractivity contribution in [3.05, 3.63) is 58.3 Å². The molecule has 0 fully saturated rings. The van der Waals surface area contributed by atoms with Crippen LogP contribution in [0, 0.1) is 0 Å². The maximum atomic E-state index is 6.15. The van der Waals surface area contributed by atoms with E-state index in [0.29, 0.717) is 27.4 Å². The van der Waals surface area contributed by atoms with Crippen LogP contribution in [0.5, 0.6) is 0 Å². The molecule has 0 spiro atoms. The Labute approximate surface area is 179 Å². The Balaban J connectivity index is 1.68.